The summed E-state index contributed by atoms with van der Waals surface area (Å²) in [6.07, 6.45) is 2.73. The largest absolute Gasteiger partial charge is 0.331 e. The van der Waals surface area contributed by atoms with Crippen molar-refractivity contribution < 1.29 is 4.79 Å². The van der Waals surface area contributed by atoms with Crippen LogP contribution in [0.5, 0.6) is 0 Å². The van der Waals surface area contributed by atoms with Crippen molar-refractivity contribution >= 4 is 17.2 Å². The van der Waals surface area contributed by atoms with E-state index in [4.69, 9.17) is 0 Å². The second-order valence-electron chi connectivity index (χ2n) is 6.15. The number of nitrogens with zero attached hydrogens (tertiary/aromatic N) is 3. The Labute approximate surface area is 145 Å². The van der Waals surface area contributed by atoms with Gasteiger partial charge in [-0.3, -0.25) is 4.79 Å². The number of carbonyl (C=O) groups excluding carboxylic acids is 1. The summed E-state index contributed by atoms with van der Waals surface area (Å²) in [6, 6.07) is 12.0. The van der Waals surface area contributed by atoms with E-state index in [0.717, 1.165) is 29.9 Å². The summed E-state index contributed by atoms with van der Waals surface area (Å²) in [5, 5.41) is 6.43. The van der Waals surface area contributed by atoms with E-state index in [2.05, 4.69) is 23.5 Å². The van der Waals surface area contributed by atoms with Gasteiger partial charge in [0.1, 0.15) is 0 Å². The zero-order chi connectivity index (χ0) is 16.7. The van der Waals surface area contributed by atoms with E-state index in [-0.39, 0.29) is 11.9 Å². The Balaban J connectivity index is 1.58. The van der Waals surface area contributed by atoms with Crippen molar-refractivity contribution in [2.75, 3.05) is 6.54 Å². The Bertz CT molecular complexity index is 878. The van der Waals surface area contributed by atoms with Crippen molar-refractivity contribution in [1.82, 2.24) is 14.7 Å². The maximum Gasteiger partial charge on any atom is 0.254 e. The van der Waals surface area contributed by atoms with Crippen LogP contribution in [0.4, 0.5) is 0 Å². The van der Waals surface area contributed by atoms with Gasteiger partial charge in [0.05, 0.1) is 11.7 Å². The van der Waals surface area contributed by atoms with Crippen molar-refractivity contribution in [3.05, 3.63) is 69.7 Å². The molecular formula is C19H19N3OS. The van der Waals surface area contributed by atoms with Crippen LogP contribution in [0, 0.1) is 6.92 Å². The van der Waals surface area contributed by atoms with Crippen LogP contribution < -0.4 is 0 Å². The maximum absolute atomic E-state index is 12.9. The first kappa shape index (κ1) is 15.1. The fraction of sp³-hybridized carbons (Fsp3) is 0.263. The first-order valence-electron chi connectivity index (χ1n) is 8.13. The van der Waals surface area contributed by atoms with Gasteiger partial charge in [-0.15, -0.1) is 11.3 Å². The molecule has 0 unspecified atom stereocenters. The van der Waals surface area contributed by atoms with E-state index in [0.29, 0.717) is 0 Å². The first-order chi connectivity index (χ1) is 11.6. The van der Waals surface area contributed by atoms with E-state index in [1.807, 2.05) is 46.8 Å². The van der Waals surface area contributed by atoms with E-state index in [1.54, 1.807) is 17.5 Å². The minimum atomic E-state index is 0.100. The molecule has 1 aromatic carbocycles. The molecule has 2 aromatic heterocycles. The van der Waals surface area contributed by atoms with Crippen molar-refractivity contribution in [3.8, 4) is 5.69 Å². The highest BCUT2D eigenvalue weighted by atomic mass is 32.1. The van der Waals surface area contributed by atoms with E-state index in [9.17, 15) is 4.79 Å². The highest BCUT2D eigenvalue weighted by Crippen LogP contribution is 2.33. The quantitative estimate of drug-likeness (QED) is 0.709. The third kappa shape index (κ3) is 2.45. The van der Waals surface area contributed by atoms with Gasteiger partial charge in [-0.2, -0.15) is 5.10 Å². The number of fused-ring (bicyclic) bond motifs is 1. The minimum Gasteiger partial charge on any atom is -0.331 e. The number of aryl methyl sites for hydroxylation is 1. The third-order valence-corrected chi connectivity index (χ3v) is 5.73. The smallest absolute Gasteiger partial charge is 0.254 e. The monoisotopic (exact) mass is 337 g/mol. The lowest BCUT2D eigenvalue weighted by atomic mass is 10.0. The molecule has 1 aliphatic rings. The van der Waals surface area contributed by atoms with Gasteiger partial charge in [-0.25, -0.2) is 4.68 Å². The zero-order valence-corrected chi connectivity index (χ0v) is 14.6. The van der Waals surface area contributed by atoms with Crippen LogP contribution in [0.2, 0.25) is 0 Å². The molecule has 3 heterocycles. The number of aromatic nitrogens is 2. The average molecular weight is 337 g/mol. The molecule has 4 nitrogen and oxygen atoms in total. The van der Waals surface area contributed by atoms with Crippen molar-refractivity contribution in [3.63, 3.8) is 0 Å². The van der Waals surface area contributed by atoms with Gasteiger partial charge in [0.2, 0.25) is 0 Å². The van der Waals surface area contributed by atoms with Crippen LogP contribution in [0.15, 0.2) is 48.0 Å². The molecule has 1 amide bonds. The molecule has 24 heavy (non-hydrogen) atoms. The molecule has 1 atom stereocenters. The number of carbonyl (C=O) groups is 1. The first-order valence-corrected chi connectivity index (χ1v) is 9.01. The highest BCUT2D eigenvalue weighted by Gasteiger charge is 2.28. The number of hydrogen-bond donors (Lipinski definition) is 0. The van der Waals surface area contributed by atoms with Crippen LogP contribution in [0.1, 0.15) is 39.5 Å². The van der Waals surface area contributed by atoms with E-state index < -0.39 is 0 Å². The molecule has 0 spiro atoms. The van der Waals surface area contributed by atoms with Crippen molar-refractivity contribution in [2.24, 2.45) is 0 Å². The topological polar surface area (TPSA) is 38.1 Å². The standard InChI is InChI=1S/C19H19N3OS/c1-13-7-10-20-22(13)16-5-3-15(4-6-16)19(23)21-11-8-18-17(14(21)2)9-12-24-18/h3-7,9-10,12,14H,8,11H2,1-2H3/t14-/m1/s1. The third-order valence-electron chi connectivity index (χ3n) is 4.73. The molecule has 0 aliphatic carbocycles. The molecular weight excluding hydrogens is 318 g/mol. The fourth-order valence-corrected chi connectivity index (χ4v) is 4.30. The minimum absolute atomic E-state index is 0.100. The summed E-state index contributed by atoms with van der Waals surface area (Å²) < 4.78 is 1.87. The van der Waals surface area contributed by atoms with Gasteiger partial charge in [0.15, 0.2) is 0 Å². The average Bonchev–Trinajstić information content (AvgIpc) is 3.24. The summed E-state index contributed by atoms with van der Waals surface area (Å²) in [5.74, 6) is 0.100. The molecule has 0 saturated carbocycles. The lowest BCUT2D eigenvalue weighted by Crippen LogP contribution is -2.38. The van der Waals surface area contributed by atoms with Gasteiger partial charge in [0, 0.05) is 28.9 Å². The predicted molar refractivity (Wildman–Crippen MR) is 95.8 cm³/mol. The second kappa shape index (κ2) is 5.91. The number of thiophene rings is 1. The SMILES string of the molecule is Cc1ccnn1-c1ccc(C(=O)N2CCc3sccc3[C@H]2C)cc1. The summed E-state index contributed by atoms with van der Waals surface area (Å²) in [7, 11) is 0. The number of rotatable bonds is 2. The van der Waals surface area contributed by atoms with Crippen LogP contribution in [0.25, 0.3) is 5.69 Å². The Hall–Kier alpha value is -2.40. The molecule has 0 fully saturated rings. The Morgan fingerprint density at radius 1 is 1.21 bits per heavy atom. The molecule has 3 aromatic rings. The molecule has 0 saturated heterocycles. The number of hydrogen-bond acceptors (Lipinski definition) is 3. The van der Waals surface area contributed by atoms with Crippen LogP contribution in [-0.4, -0.2) is 27.1 Å². The normalized spacial score (nSPS) is 16.9. The molecule has 4 rings (SSSR count). The Morgan fingerprint density at radius 2 is 2.00 bits per heavy atom. The molecule has 122 valence electrons. The Morgan fingerprint density at radius 3 is 2.71 bits per heavy atom. The summed E-state index contributed by atoms with van der Waals surface area (Å²) in [5.41, 5.74) is 4.07. The molecule has 0 bridgehead atoms. The lowest BCUT2D eigenvalue weighted by molar-refractivity contribution is 0.0679. The molecule has 0 radical (unpaired) electrons. The van der Waals surface area contributed by atoms with Crippen LogP contribution in [0.3, 0.4) is 0 Å². The fourth-order valence-electron chi connectivity index (χ4n) is 3.34. The van der Waals surface area contributed by atoms with Crippen LogP contribution >= 0.6 is 11.3 Å². The number of benzene rings is 1. The summed E-state index contributed by atoms with van der Waals surface area (Å²) in [6.45, 7) is 4.91. The van der Waals surface area contributed by atoms with Gasteiger partial charge in [-0.1, -0.05) is 0 Å². The predicted octanol–water partition coefficient (Wildman–Crippen LogP) is 4.00. The highest BCUT2D eigenvalue weighted by molar-refractivity contribution is 7.10. The van der Waals surface area contributed by atoms with Gasteiger partial charge in [0.25, 0.3) is 5.91 Å². The summed E-state index contributed by atoms with van der Waals surface area (Å²) >= 11 is 1.79. The van der Waals surface area contributed by atoms with Crippen molar-refractivity contribution in [1.29, 1.82) is 0 Å². The second-order valence-corrected chi connectivity index (χ2v) is 7.16. The van der Waals surface area contributed by atoms with Gasteiger partial charge >= 0.3 is 0 Å². The van der Waals surface area contributed by atoms with Gasteiger partial charge in [-0.05, 0) is 67.6 Å². The lowest BCUT2D eigenvalue weighted by Gasteiger charge is -2.33. The van der Waals surface area contributed by atoms with Crippen molar-refractivity contribution in [2.45, 2.75) is 26.3 Å². The molecule has 0 N–H and O–H groups in total. The summed E-state index contributed by atoms with van der Waals surface area (Å²) in [4.78, 5) is 16.3. The van der Waals surface area contributed by atoms with Gasteiger partial charge < -0.3 is 4.90 Å². The van der Waals surface area contributed by atoms with E-state index in [1.165, 1.54) is 10.4 Å². The molecule has 5 heteroatoms. The number of amides is 1. The van der Waals surface area contributed by atoms with Crippen LogP contribution in [-0.2, 0) is 6.42 Å². The zero-order valence-electron chi connectivity index (χ0n) is 13.8. The Kier molecular flexibility index (Phi) is 3.73. The van der Waals surface area contributed by atoms with E-state index >= 15 is 0 Å². The molecule has 1 aliphatic heterocycles. The maximum atomic E-state index is 12.9.